The summed E-state index contributed by atoms with van der Waals surface area (Å²) in [7, 11) is 0. The molecule has 1 amide bonds. The fourth-order valence-electron chi connectivity index (χ4n) is 1.95. The van der Waals surface area contributed by atoms with E-state index >= 15 is 0 Å². The van der Waals surface area contributed by atoms with Crippen molar-refractivity contribution in [2.75, 3.05) is 19.6 Å². The molecule has 1 aliphatic heterocycles. The summed E-state index contributed by atoms with van der Waals surface area (Å²) in [4.78, 5) is 14.1. The lowest BCUT2D eigenvalue weighted by atomic mass is 10.1. The molecule has 4 heteroatoms. The number of hydrogen-bond acceptors (Lipinski definition) is 2. The Morgan fingerprint density at radius 1 is 1.56 bits per heavy atom. The maximum Gasteiger partial charge on any atom is 0.236 e. The number of amides is 1. The van der Waals surface area contributed by atoms with E-state index in [0.717, 1.165) is 19.6 Å². The average Bonchev–Trinajstić information content (AvgIpc) is 2.60. The zero-order valence-electron chi connectivity index (χ0n) is 10.7. The summed E-state index contributed by atoms with van der Waals surface area (Å²) < 4.78 is -0.455. The van der Waals surface area contributed by atoms with Gasteiger partial charge in [-0.1, -0.05) is 15.9 Å². The Hall–Kier alpha value is -0.0900. The van der Waals surface area contributed by atoms with Crippen molar-refractivity contribution in [3.63, 3.8) is 0 Å². The highest BCUT2D eigenvalue weighted by Crippen LogP contribution is 2.19. The Labute approximate surface area is 107 Å². The third-order valence-electron chi connectivity index (χ3n) is 3.14. The van der Waals surface area contributed by atoms with E-state index < -0.39 is 4.32 Å². The predicted molar refractivity (Wildman–Crippen MR) is 70.8 cm³/mol. The van der Waals surface area contributed by atoms with Gasteiger partial charge in [-0.15, -0.1) is 0 Å². The first-order valence-corrected chi connectivity index (χ1v) is 6.81. The van der Waals surface area contributed by atoms with Gasteiger partial charge >= 0.3 is 0 Å². The monoisotopic (exact) mass is 290 g/mol. The second-order valence-corrected chi connectivity index (χ2v) is 7.41. The maximum absolute atomic E-state index is 11.7. The molecule has 0 aromatic carbocycles. The summed E-state index contributed by atoms with van der Waals surface area (Å²) in [6.45, 7) is 11.3. The van der Waals surface area contributed by atoms with Crippen molar-refractivity contribution < 1.29 is 4.79 Å². The van der Waals surface area contributed by atoms with E-state index in [9.17, 15) is 4.79 Å². The molecule has 0 radical (unpaired) electrons. The van der Waals surface area contributed by atoms with Gasteiger partial charge in [0, 0.05) is 19.1 Å². The fourth-order valence-corrected chi connectivity index (χ4v) is 2.09. The van der Waals surface area contributed by atoms with Crippen molar-refractivity contribution in [2.24, 2.45) is 5.92 Å². The summed E-state index contributed by atoms with van der Waals surface area (Å²) in [5, 5.41) is 3.01. The third kappa shape index (κ3) is 4.06. The minimum Gasteiger partial charge on any atom is -0.355 e. The van der Waals surface area contributed by atoms with Gasteiger partial charge in [-0.25, -0.2) is 0 Å². The number of hydrogen-bond donors (Lipinski definition) is 1. The van der Waals surface area contributed by atoms with Crippen LogP contribution in [0.2, 0.25) is 0 Å². The second-order valence-electron chi connectivity index (χ2n) is 5.43. The number of likely N-dealkylation sites (tertiary alicyclic amines) is 1. The molecule has 0 saturated carbocycles. The Morgan fingerprint density at radius 3 is 2.62 bits per heavy atom. The molecule has 1 rings (SSSR count). The van der Waals surface area contributed by atoms with Gasteiger partial charge in [0.2, 0.25) is 5.91 Å². The van der Waals surface area contributed by atoms with Gasteiger partial charge in [-0.3, -0.25) is 4.79 Å². The highest BCUT2D eigenvalue weighted by Gasteiger charge is 2.27. The fraction of sp³-hybridized carbons (Fsp3) is 0.917. The summed E-state index contributed by atoms with van der Waals surface area (Å²) in [6, 6.07) is 0.619. The summed E-state index contributed by atoms with van der Waals surface area (Å²) in [5.74, 6) is 0.691. The van der Waals surface area contributed by atoms with E-state index in [2.05, 4.69) is 40.0 Å². The minimum atomic E-state index is -0.455. The molecule has 1 atom stereocenters. The van der Waals surface area contributed by atoms with E-state index in [4.69, 9.17) is 0 Å². The SMILES string of the molecule is CC(C)N1CCC(CNC(=O)C(C)(C)Br)C1. The maximum atomic E-state index is 11.7. The second kappa shape index (κ2) is 5.50. The van der Waals surface area contributed by atoms with E-state index in [0.29, 0.717) is 12.0 Å². The van der Waals surface area contributed by atoms with Crippen molar-refractivity contribution in [2.45, 2.75) is 44.5 Å². The summed E-state index contributed by atoms with van der Waals surface area (Å²) >= 11 is 3.37. The van der Waals surface area contributed by atoms with Crippen LogP contribution in [0.5, 0.6) is 0 Å². The molecule has 0 aromatic heterocycles. The zero-order valence-corrected chi connectivity index (χ0v) is 12.3. The van der Waals surface area contributed by atoms with Gasteiger partial charge in [-0.2, -0.15) is 0 Å². The minimum absolute atomic E-state index is 0.0792. The number of halogens is 1. The lowest BCUT2D eigenvalue weighted by Crippen LogP contribution is -2.40. The number of nitrogens with one attached hydrogen (secondary N) is 1. The Bertz CT molecular complexity index is 248. The molecule has 0 spiro atoms. The molecular weight excluding hydrogens is 268 g/mol. The van der Waals surface area contributed by atoms with Crippen LogP contribution in [0.15, 0.2) is 0 Å². The number of carbonyl (C=O) groups is 1. The van der Waals surface area contributed by atoms with Gasteiger partial charge in [0.25, 0.3) is 0 Å². The highest BCUT2D eigenvalue weighted by molar-refractivity contribution is 9.10. The topological polar surface area (TPSA) is 32.3 Å². The molecule has 1 unspecified atom stereocenters. The van der Waals surface area contributed by atoms with Crippen LogP contribution < -0.4 is 5.32 Å². The Morgan fingerprint density at radius 2 is 2.19 bits per heavy atom. The largest absolute Gasteiger partial charge is 0.355 e. The standard InChI is InChI=1S/C12H23BrN2O/c1-9(2)15-6-5-10(8-15)7-14-11(16)12(3,4)13/h9-10H,5-8H2,1-4H3,(H,14,16). The molecule has 1 N–H and O–H groups in total. The number of carbonyl (C=O) groups excluding carboxylic acids is 1. The molecule has 0 aromatic rings. The summed E-state index contributed by atoms with van der Waals surface area (Å²) in [5.41, 5.74) is 0. The van der Waals surface area contributed by atoms with E-state index in [-0.39, 0.29) is 5.91 Å². The number of rotatable bonds is 4. The van der Waals surface area contributed by atoms with Crippen LogP contribution in [-0.2, 0) is 4.79 Å². The molecule has 0 aliphatic carbocycles. The first-order valence-electron chi connectivity index (χ1n) is 6.02. The van der Waals surface area contributed by atoms with Crippen molar-refractivity contribution in [3.05, 3.63) is 0 Å². The Kier molecular flexibility index (Phi) is 4.80. The van der Waals surface area contributed by atoms with Crippen LogP contribution in [-0.4, -0.2) is 40.8 Å². The molecule has 1 fully saturated rings. The molecule has 3 nitrogen and oxygen atoms in total. The first-order chi connectivity index (χ1) is 7.30. The molecule has 1 saturated heterocycles. The zero-order chi connectivity index (χ0) is 12.3. The van der Waals surface area contributed by atoms with Crippen LogP contribution in [0.25, 0.3) is 0 Å². The van der Waals surface area contributed by atoms with Gasteiger partial charge in [0.1, 0.15) is 0 Å². The molecule has 94 valence electrons. The molecule has 1 aliphatic rings. The smallest absolute Gasteiger partial charge is 0.236 e. The lowest BCUT2D eigenvalue weighted by molar-refractivity contribution is -0.122. The van der Waals surface area contributed by atoms with Crippen LogP contribution in [0.3, 0.4) is 0 Å². The van der Waals surface area contributed by atoms with E-state index in [1.165, 1.54) is 6.42 Å². The van der Waals surface area contributed by atoms with Gasteiger partial charge in [0.15, 0.2) is 0 Å². The quantitative estimate of drug-likeness (QED) is 0.804. The first kappa shape index (κ1) is 14.0. The van der Waals surface area contributed by atoms with Crippen molar-refractivity contribution in [3.8, 4) is 0 Å². The average molecular weight is 291 g/mol. The summed E-state index contributed by atoms with van der Waals surface area (Å²) in [6.07, 6.45) is 1.20. The Balaban J connectivity index is 2.28. The number of nitrogens with zero attached hydrogens (tertiary/aromatic N) is 1. The van der Waals surface area contributed by atoms with Crippen LogP contribution in [0.4, 0.5) is 0 Å². The van der Waals surface area contributed by atoms with Crippen LogP contribution in [0, 0.1) is 5.92 Å². The molecule has 1 heterocycles. The van der Waals surface area contributed by atoms with Gasteiger partial charge in [-0.05, 0) is 46.6 Å². The van der Waals surface area contributed by atoms with Gasteiger partial charge in [0.05, 0.1) is 4.32 Å². The van der Waals surface area contributed by atoms with E-state index in [1.54, 1.807) is 0 Å². The van der Waals surface area contributed by atoms with Crippen molar-refractivity contribution >= 4 is 21.8 Å². The van der Waals surface area contributed by atoms with Crippen LogP contribution >= 0.6 is 15.9 Å². The molecule has 0 bridgehead atoms. The predicted octanol–water partition coefficient (Wildman–Crippen LogP) is 2.01. The normalized spacial score (nSPS) is 22.8. The highest BCUT2D eigenvalue weighted by atomic mass is 79.9. The van der Waals surface area contributed by atoms with Crippen molar-refractivity contribution in [1.82, 2.24) is 10.2 Å². The third-order valence-corrected chi connectivity index (χ3v) is 3.50. The number of alkyl halides is 1. The molecular formula is C12H23BrN2O. The van der Waals surface area contributed by atoms with E-state index in [1.807, 2.05) is 13.8 Å². The van der Waals surface area contributed by atoms with Crippen molar-refractivity contribution in [1.29, 1.82) is 0 Å². The van der Waals surface area contributed by atoms with Gasteiger partial charge < -0.3 is 10.2 Å². The lowest BCUT2D eigenvalue weighted by Gasteiger charge is -2.21. The molecule has 16 heavy (non-hydrogen) atoms. The van der Waals surface area contributed by atoms with Crippen LogP contribution in [0.1, 0.15) is 34.1 Å².